The van der Waals surface area contributed by atoms with Gasteiger partial charge >= 0.3 is 0 Å². The fraction of sp³-hybridized carbons (Fsp3) is 0.318. The number of amides is 3. The van der Waals surface area contributed by atoms with Gasteiger partial charge in [0.2, 0.25) is 11.6 Å². The van der Waals surface area contributed by atoms with Crippen LogP contribution < -0.4 is 4.90 Å². The van der Waals surface area contributed by atoms with E-state index in [4.69, 9.17) is 23.2 Å². The lowest BCUT2D eigenvalue weighted by Crippen LogP contribution is -2.70. The van der Waals surface area contributed by atoms with E-state index in [1.54, 1.807) is 49.5 Å². The first kappa shape index (κ1) is 20.7. The van der Waals surface area contributed by atoms with Gasteiger partial charge in [-0.05, 0) is 36.8 Å². The van der Waals surface area contributed by atoms with Crippen LogP contribution in [0.2, 0.25) is 10.0 Å². The summed E-state index contributed by atoms with van der Waals surface area (Å²) in [4.78, 5) is 44.5. The standard InChI is InChI=1S/C22H21Cl2N3O3/c1-3-26-20(29)16-6-4-5-7-18(16)27-19(28)10-11-22(26,27)21(30)25(2)13-14-8-9-15(23)12-17(14)24/h4-9,12H,3,10-11,13H2,1-2H3. The molecule has 0 saturated carbocycles. The van der Waals surface area contributed by atoms with Gasteiger partial charge in [0.15, 0.2) is 0 Å². The second-order valence-corrected chi connectivity index (χ2v) is 8.35. The van der Waals surface area contributed by atoms with Crippen LogP contribution in [0.1, 0.15) is 35.7 Å². The van der Waals surface area contributed by atoms with E-state index in [0.29, 0.717) is 27.8 Å². The van der Waals surface area contributed by atoms with Gasteiger partial charge in [-0.25, -0.2) is 0 Å². The average molecular weight is 446 g/mol. The van der Waals surface area contributed by atoms with E-state index in [-0.39, 0.29) is 37.1 Å². The molecule has 30 heavy (non-hydrogen) atoms. The Morgan fingerprint density at radius 2 is 1.90 bits per heavy atom. The molecular formula is C22H21Cl2N3O3. The topological polar surface area (TPSA) is 60.9 Å². The second kappa shape index (κ2) is 7.60. The molecule has 6 nitrogen and oxygen atoms in total. The van der Waals surface area contributed by atoms with Crippen molar-refractivity contribution in [3.8, 4) is 0 Å². The molecule has 0 N–H and O–H groups in total. The molecule has 4 rings (SSSR count). The summed E-state index contributed by atoms with van der Waals surface area (Å²) >= 11 is 12.3. The molecular weight excluding hydrogens is 425 g/mol. The zero-order chi connectivity index (χ0) is 21.6. The molecule has 1 saturated heterocycles. The van der Waals surface area contributed by atoms with Crippen LogP contribution in [0, 0.1) is 0 Å². The minimum Gasteiger partial charge on any atom is -0.338 e. The molecule has 1 unspecified atom stereocenters. The van der Waals surface area contributed by atoms with Crippen molar-refractivity contribution < 1.29 is 14.4 Å². The Morgan fingerprint density at radius 1 is 1.17 bits per heavy atom. The van der Waals surface area contributed by atoms with Crippen LogP contribution >= 0.6 is 23.2 Å². The third-order valence-corrected chi connectivity index (χ3v) is 6.39. The lowest BCUT2D eigenvalue weighted by Gasteiger charge is -2.50. The first-order valence-corrected chi connectivity index (χ1v) is 10.5. The van der Waals surface area contributed by atoms with Gasteiger partial charge in [0.05, 0.1) is 11.3 Å². The predicted molar refractivity (Wildman–Crippen MR) is 116 cm³/mol. The summed E-state index contributed by atoms with van der Waals surface area (Å²) in [6.45, 7) is 2.35. The Labute approximate surface area is 184 Å². The van der Waals surface area contributed by atoms with Crippen LogP contribution in [0.5, 0.6) is 0 Å². The van der Waals surface area contributed by atoms with E-state index >= 15 is 0 Å². The molecule has 2 aromatic carbocycles. The van der Waals surface area contributed by atoms with E-state index in [1.807, 2.05) is 6.92 Å². The predicted octanol–water partition coefficient (Wildman–Crippen LogP) is 3.95. The molecule has 2 aromatic rings. The number of carbonyl (C=O) groups is 3. The molecule has 0 aliphatic carbocycles. The van der Waals surface area contributed by atoms with Crippen LogP contribution in [0.3, 0.4) is 0 Å². The zero-order valence-corrected chi connectivity index (χ0v) is 18.2. The number of anilines is 1. The number of carbonyl (C=O) groups excluding carboxylic acids is 3. The van der Waals surface area contributed by atoms with Gasteiger partial charge in [0, 0.05) is 43.0 Å². The fourth-order valence-electron chi connectivity index (χ4n) is 4.47. The van der Waals surface area contributed by atoms with Gasteiger partial charge in [-0.2, -0.15) is 0 Å². The number of halogens is 2. The van der Waals surface area contributed by atoms with Crippen molar-refractivity contribution >= 4 is 46.6 Å². The summed E-state index contributed by atoms with van der Waals surface area (Å²) < 4.78 is 0. The van der Waals surface area contributed by atoms with Crippen LogP contribution in [-0.2, 0) is 16.1 Å². The highest BCUT2D eigenvalue weighted by molar-refractivity contribution is 6.35. The van der Waals surface area contributed by atoms with Crippen molar-refractivity contribution in [3.05, 3.63) is 63.6 Å². The highest BCUT2D eigenvalue weighted by Crippen LogP contribution is 2.45. The number of rotatable bonds is 4. The van der Waals surface area contributed by atoms with Gasteiger partial charge in [0.25, 0.3) is 11.8 Å². The van der Waals surface area contributed by atoms with Crippen LogP contribution in [0.4, 0.5) is 5.69 Å². The summed E-state index contributed by atoms with van der Waals surface area (Å²) in [6, 6.07) is 12.0. The number of nitrogens with zero attached hydrogens (tertiary/aromatic N) is 3. The Hall–Kier alpha value is -2.57. The third kappa shape index (κ3) is 2.97. The second-order valence-electron chi connectivity index (χ2n) is 7.51. The molecule has 156 valence electrons. The summed E-state index contributed by atoms with van der Waals surface area (Å²) in [5.74, 6) is -0.728. The highest BCUT2D eigenvalue weighted by Gasteiger charge is 2.61. The SMILES string of the molecule is CCN1C(=O)c2ccccc2N2C(=O)CCC12C(=O)N(C)Cc1ccc(Cl)cc1Cl. The van der Waals surface area contributed by atoms with Crippen LogP contribution in [0.15, 0.2) is 42.5 Å². The normalized spacial score (nSPS) is 20.3. The Bertz CT molecular complexity index is 1060. The molecule has 1 fully saturated rings. The minimum atomic E-state index is -1.37. The average Bonchev–Trinajstić information content (AvgIpc) is 3.08. The number of fused-ring (bicyclic) bond motifs is 3. The Balaban J connectivity index is 1.77. The first-order chi connectivity index (χ1) is 14.3. The molecule has 1 atom stereocenters. The molecule has 2 aliphatic heterocycles. The highest BCUT2D eigenvalue weighted by atomic mass is 35.5. The lowest BCUT2D eigenvalue weighted by atomic mass is 9.95. The smallest absolute Gasteiger partial charge is 0.270 e. The monoisotopic (exact) mass is 445 g/mol. The van der Waals surface area contributed by atoms with Crippen LogP contribution in [0.25, 0.3) is 0 Å². The number of para-hydroxylation sites is 1. The fourth-order valence-corrected chi connectivity index (χ4v) is 4.94. The molecule has 8 heteroatoms. The van der Waals surface area contributed by atoms with E-state index in [2.05, 4.69) is 0 Å². The van der Waals surface area contributed by atoms with E-state index in [1.165, 1.54) is 14.7 Å². The van der Waals surface area contributed by atoms with E-state index < -0.39 is 5.66 Å². The maximum atomic E-state index is 13.8. The van der Waals surface area contributed by atoms with Gasteiger partial charge in [-0.15, -0.1) is 0 Å². The maximum absolute atomic E-state index is 13.8. The minimum absolute atomic E-state index is 0.167. The molecule has 0 radical (unpaired) electrons. The van der Waals surface area contributed by atoms with Crippen molar-refractivity contribution in [2.45, 2.75) is 32.0 Å². The number of benzene rings is 2. The van der Waals surface area contributed by atoms with Crippen molar-refractivity contribution in [2.75, 3.05) is 18.5 Å². The molecule has 2 aliphatic rings. The summed E-state index contributed by atoms with van der Waals surface area (Å²) in [5, 5.41) is 0.965. The summed E-state index contributed by atoms with van der Waals surface area (Å²) in [6.07, 6.45) is 0.441. The van der Waals surface area contributed by atoms with Gasteiger partial charge in [-0.1, -0.05) is 41.4 Å². The molecule has 0 bridgehead atoms. The Morgan fingerprint density at radius 3 is 2.60 bits per heavy atom. The molecule has 0 spiro atoms. The maximum Gasteiger partial charge on any atom is 0.270 e. The van der Waals surface area contributed by atoms with Crippen molar-refractivity contribution in [1.82, 2.24) is 9.80 Å². The number of likely N-dealkylation sites (N-methyl/N-ethyl adjacent to an activating group) is 2. The Kier molecular flexibility index (Phi) is 5.24. The van der Waals surface area contributed by atoms with Crippen molar-refractivity contribution in [2.24, 2.45) is 0 Å². The van der Waals surface area contributed by atoms with E-state index in [9.17, 15) is 14.4 Å². The molecule has 2 heterocycles. The van der Waals surface area contributed by atoms with Crippen molar-refractivity contribution in [3.63, 3.8) is 0 Å². The quantitative estimate of drug-likeness (QED) is 0.715. The molecule has 0 aromatic heterocycles. The zero-order valence-electron chi connectivity index (χ0n) is 16.7. The molecule has 3 amide bonds. The first-order valence-electron chi connectivity index (χ1n) is 9.74. The van der Waals surface area contributed by atoms with Crippen molar-refractivity contribution in [1.29, 1.82) is 0 Å². The largest absolute Gasteiger partial charge is 0.338 e. The number of hydrogen-bond donors (Lipinski definition) is 0. The summed E-state index contributed by atoms with van der Waals surface area (Å²) in [5.41, 5.74) is 0.280. The third-order valence-electron chi connectivity index (χ3n) is 5.80. The van der Waals surface area contributed by atoms with Gasteiger partial charge < -0.3 is 9.80 Å². The number of hydrogen-bond acceptors (Lipinski definition) is 3. The van der Waals surface area contributed by atoms with E-state index in [0.717, 1.165) is 5.56 Å². The van der Waals surface area contributed by atoms with Gasteiger partial charge in [-0.3, -0.25) is 19.3 Å². The summed E-state index contributed by atoms with van der Waals surface area (Å²) in [7, 11) is 1.65. The van der Waals surface area contributed by atoms with Crippen LogP contribution in [-0.4, -0.2) is 46.8 Å². The van der Waals surface area contributed by atoms with Gasteiger partial charge in [0.1, 0.15) is 0 Å². The lowest BCUT2D eigenvalue weighted by molar-refractivity contribution is -0.143.